The van der Waals surface area contributed by atoms with E-state index in [1.54, 1.807) is 13.2 Å². The molecule has 0 fully saturated rings. The molecule has 17 heavy (non-hydrogen) atoms. The van der Waals surface area contributed by atoms with Crippen molar-refractivity contribution in [3.8, 4) is 5.88 Å². The lowest BCUT2D eigenvalue weighted by atomic mass is 10.0. The van der Waals surface area contributed by atoms with Gasteiger partial charge in [0.2, 0.25) is 5.88 Å². The van der Waals surface area contributed by atoms with Gasteiger partial charge in [0, 0.05) is 18.9 Å². The van der Waals surface area contributed by atoms with E-state index in [4.69, 9.17) is 4.74 Å². The van der Waals surface area contributed by atoms with Gasteiger partial charge in [-0.25, -0.2) is 4.98 Å². The molecule has 1 heterocycles. The van der Waals surface area contributed by atoms with E-state index in [2.05, 4.69) is 34.8 Å². The molecule has 4 heteroatoms. The van der Waals surface area contributed by atoms with Crippen LogP contribution in [0.3, 0.4) is 0 Å². The summed E-state index contributed by atoms with van der Waals surface area (Å²) in [5.74, 6) is 1.36. The summed E-state index contributed by atoms with van der Waals surface area (Å²) in [6, 6.07) is 3.66. The number of aromatic nitrogens is 1. The van der Waals surface area contributed by atoms with Crippen LogP contribution in [0.15, 0.2) is 16.7 Å². The predicted octanol–water partition coefficient (Wildman–Crippen LogP) is 3.40. The van der Waals surface area contributed by atoms with Gasteiger partial charge in [0.1, 0.15) is 10.4 Å². The number of carbonyl (C=O) groups excluding carboxylic acids is 1. The van der Waals surface area contributed by atoms with E-state index in [9.17, 15) is 4.79 Å². The molecular weight excluding hydrogens is 282 g/mol. The van der Waals surface area contributed by atoms with Gasteiger partial charge in [-0.2, -0.15) is 0 Å². The quantitative estimate of drug-likeness (QED) is 0.756. The van der Waals surface area contributed by atoms with Gasteiger partial charge < -0.3 is 4.74 Å². The van der Waals surface area contributed by atoms with E-state index >= 15 is 0 Å². The SMILES string of the molecule is COc1cc(CC(=O)CCC(C)C)cc(Br)n1. The van der Waals surface area contributed by atoms with Crippen molar-refractivity contribution in [3.63, 3.8) is 0 Å². The van der Waals surface area contributed by atoms with E-state index in [0.29, 0.717) is 29.2 Å². The fourth-order valence-electron chi connectivity index (χ4n) is 1.50. The van der Waals surface area contributed by atoms with E-state index in [-0.39, 0.29) is 5.78 Å². The second kappa shape index (κ2) is 6.74. The average molecular weight is 300 g/mol. The van der Waals surface area contributed by atoms with E-state index < -0.39 is 0 Å². The molecule has 0 aromatic carbocycles. The molecule has 94 valence electrons. The average Bonchev–Trinajstić information content (AvgIpc) is 2.25. The Balaban J connectivity index is 2.61. The van der Waals surface area contributed by atoms with Crippen molar-refractivity contribution in [1.29, 1.82) is 0 Å². The van der Waals surface area contributed by atoms with Crippen LogP contribution in [-0.2, 0) is 11.2 Å². The van der Waals surface area contributed by atoms with Gasteiger partial charge in [-0.05, 0) is 39.9 Å². The van der Waals surface area contributed by atoms with Crippen molar-refractivity contribution < 1.29 is 9.53 Å². The smallest absolute Gasteiger partial charge is 0.214 e. The van der Waals surface area contributed by atoms with Gasteiger partial charge >= 0.3 is 0 Å². The van der Waals surface area contributed by atoms with Gasteiger partial charge in [0.05, 0.1) is 7.11 Å². The fourth-order valence-corrected chi connectivity index (χ4v) is 1.96. The third-order valence-electron chi connectivity index (χ3n) is 2.44. The van der Waals surface area contributed by atoms with Crippen LogP contribution < -0.4 is 4.74 Å². The van der Waals surface area contributed by atoms with Gasteiger partial charge in [-0.1, -0.05) is 13.8 Å². The molecule has 1 rings (SSSR count). The normalized spacial score (nSPS) is 10.6. The van der Waals surface area contributed by atoms with Crippen LogP contribution >= 0.6 is 15.9 Å². The zero-order valence-electron chi connectivity index (χ0n) is 10.5. The van der Waals surface area contributed by atoms with Crippen LogP contribution in [0, 0.1) is 5.92 Å². The summed E-state index contributed by atoms with van der Waals surface area (Å²) < 4.78 is 5.76. The van der Waals surface area contributed by atoms with Crippen molar-refractivity contribution in [2.24, 2.45) is 5.92 Å². The second-order valence-electron chi connectivity index (χ2n) is 4.49. The van der Waals surface area contributed by atoms with Crippen LogP contribution in [0.4, 0.5) is 0 Å². The third kappa shape index (κ3) is 5.31. The lowest BCUT2D eigenvalue weighted by Gasteiger charge is -2.06. The molecule has 0 spiro atoms. The summed E-state index contributed by atoms with van der Waals surface area (Å²) in [6.07, 6.45) is 2.03. The summed E-state index contributed by atoms with van der Waals surface area (Å²) in [7, 11) is 1.57. The van der Waals surface area contributed by atoms with Crippen LogP contribution in [0.2, 0.25) is 0 Å². The summed E-state index contributed by atoms with van der Waals surface area (Å²) in [6.45, 7) is 4.25. The Bertz CT molecular complexity index is 391. The molecule has 0 aliphatic rings. The molecule has 1 aromatic rings. The van der Waals surface area contributed by atoms with E-state index in [0.717, 1.165) is 12.0 Å². The van der Waals surface area contributed by atoms with Crippen LogP contribution in [0.1, 0.15) is 32.3 Å². The number of methoxy groups -OCH3 is 1. The Morgan fingerprint density at radius 1 is 1.47 bits per heavy atom. The fraction of sp³-hybridized carbons (Fsp3) is 0.538. The minimum Gasteiger partial charge on any atom is -0.481 e. The zero-order chi connectivity index (χ0) is 12.8. The Morgan fingerprint density at radius 2 is 2.18 bits per heavy atom. The van der Waals surface area contributed by atoms with Gasteiger partial charge in [0.15, 0.2) is 0 Å². The van der Waals surface area contributed by atoms with Crippen molar-refractivity contribution in [2.75, 3.05) is 7.11 Å². The van der Waals surface area contributed by atoms with Crippen LogP contribution in [0.25, 0.3) is 0 Å². The monoisotopic (exact) mass is 299 g/mol. The zero-order valence-corrected chi connectivity index (χ0v) is 12.1. The number of hydrogen-bond donors (Lipinski definition) is 0. The Morgan fingerprint density at radius 3 is 2.76 bits per heavy atom. The highest BCUT2D eigenvalue weighted by Gasteiger charge is 2.08. The van der Waals surface area contributed by atoms with Crippen LogP contribution in [0.5, 0.6) is 5.88 Å². The first-order valence-corrected chi connectivity index (χ1v) is 6.52. The molecule has 0 amide bonds. The number of carbonyl (C=O) groups is 1. The number of hydrogen-bond acceptors (Lipinski definition) is 3. The maximum absolute atomic E-state index is 11.8. The summed E-state index contributed by atoms with van der Waals surface area (Å²) >= 11 is 3.30. The summed E-state index contributed by atoms with van der Waals surface area (Å²) in [5.41, 5.74) is 0.942. The first-order chi connectivity index (χ1) is 8.01. The molecule has 0 N–H and O–H groups in total. The Kier molecular flexibility index (Phi) is 5.62. The highest BCUT2D eigenvalue weighted by atomic mass is 79.9. The molecule has 0 saturated heterocycles. The maximum Gasteiger partial charge on any atom is 0.214 e. The van der Waals surface area contributed by atoms with Gasteiger partial charge in [0.25, 0.3) is 0 Å². The summed E-state index contributed by atoms with van der Waals surface area (Å²) in [5, 5.41) is 0. The molecule has 0 aliphatic heterocycles. The van der Waals surface area contributed by atoms with Crippen molar-refractivity contribution in [2.45, 2.75) is 33.1 Å². The number of ketones is 1. The number of halogens is 1. The minimum absolute atomic E-state index is 0.263. The predicted molar refractivity (Wildman–Crippen MR) is 71.3 cm³/mol. The molecular formula is C13H18BrNO2. The van der Waals surface area contributed by atoms with Crippen molar-refractivity contribution in [3.05, 3.63) is 22.3 Å². The standard InChI is InChI=1S/C13H18BrNO2/c1-9(2)4-5-11(16)6-10-7-12(14)15-13(8-10)17-3/h7-9H,4-6H2,1-3H3. The number of rotatable bonds is 6. The molecule has 0 bridgehead atoms. The maximum atomic E-state index is 11.8. The number of nitrogens with zero attached hydrogens (tertiary/aromatic N) is 1. The third-order valence-corrected chi connectivity index (χ3v) is 2.85. The number of pyridine rings is 1. The van der Waals surface area contributed by atoms with E-state index in [1.165, 1.54) is 0 Å². The lowest BCUT2D eigenvalue weighted by Crippen LogP contribution is -2.05. The first-order valence-electron chi connectivity index (χ1n) is 5.73. The highest BCUT2D eigenvalue weighted by molar-refractivity contribution is 9.10. The van der Waals surface area contributed by atoms with Gasteiger partial charge in [-0.15, -0.1) is 0 Å². The van der Waals surface area contributed by atoms with Gasteiger partial charge in [-0.3, -0.25) is 4.79 Å². The molecule has 0 aliphatic carbocycles. The molecule has 0 atom stereocenters. The number of ether oxygens (including phenoxy) is 1. The van der Waals surface area contributed by atoms with E-state index in [1.807, 2.05) is 6.07 Å². The molecule has 0 radical (unpaired) electrons. The Hall–Kier alpha value is -0.900. The number of Topliss-reactive ketones (excluding diaryl/α,β-unsaturated/α-hetero) is 1. The Labute approximate surface area is 111 Å². The molecule has 0 saturated carbocycles. The largest absolute Gasteiger partial charge is 0.481 e. The second-order valence-corrected chi connectivity index (χ2v) is 5.30. The lowest BCUT2D eigenvalue weighted by molar-refractivity contribution is -0.118. The van der Waals surface area contributed by atoms with Crippen molar-refractivity contribution >= 4 is 21.7 Å². The van der Waals surface area contributed by atoms with Crippen molar-refractivity contribution in [1.82, 2.24) is 4.98 Å². The van der Waals surface area contributed by atoms with Crippen LogP contribution in [-0.4, -0.2) is 17.9 Å². The first kappa shape index (κ1) is 14.2. The highest BCUT2D eigenvalue weighted by Crippen LogP contribution is 2.18. The summed E-state index contributed by atoms with van der Waals surface area (Å²) in [4.78, 5) is 15.9. The topological polar surface area (TPSA) is 39.2 Å². The molecule has 1 aromatic heterocycles. The minimum atomic E-state index is 0.263. The molecule has 0 unspecified atom stereocenters. The molecule has 3 nitrogen and oxygen atoms in total.